The van der Waals surface area contributed by atoms with Gasteiger partial charge in [-0.25, -0.2) is 4.98 Å². The van der Waals surface area contributed by atoms with Crippen LogP contribution in [0.5, 0.6) is 0 Å². The number of hydrogen-bond donors (Lipinski definition) is 0. The maximum absolute atomic E-state index is 12.1. The molecule has 1 saturated carbocycles. The largest absolute Gasteiger partial charge is 0.368 e. The summed E-state index contributed by atoms with van der Waals surface area (Å²) in [6.07, 6.45) is 6.94. The average Bonchev–Trinajstić information content (AvgIpc) is 2.88. The van der Waals surface area contributed by atoms with Crippen molar-refractivity contribution < 1.29 is 9.53 Å². The van der Waals surface area contributed by atoms with Crippen LogP contribution in [0.3, 0.4) is 0 Å². The summed E-state index contributed by atoms with van der Waals surface area (Å²) in [5, 5.41) is 1.06. The van der Waals surface area contributed by atoms with Crippen molar-refractivity contribution in [3.05, 3.63) is 15.6 Å². The molecule has 21 heavy (non-hydrogen) atoms. The van der Waals surface area contributed by atoms with Crippen LogP contribution in [0.25, 0.3) is 0 Å². The molecule has 0 amide bonds. The first-order valence-electron chi connectivity index (χ1n) is 8.13. The highest BCUT2D eigenvalue weighted by Gasteiger charge is 2.43. The Morgan fingerprint density at radius 1 is 1.19 bits per heavy atom. The van der Waals surface area contributed by atoms with E-state index in [4.69, 9.17) is 9.72 Å². The fraction of sp³-hybridized carbons (Fsp3) is 0.765. The predicted octanol–water partition coefficient (Wildman–Crippen LogP) is 4.49. The van der Waals surface area contributed by atoms with Gasteiger partial charge in [0.15, 0.2) is 5.78 Å². The molecule has 0 unspecified atom stereocenters. The van der Waals surface area contributed by atoms with Crippen LogP contribution in [0.4, 0.5) is 0 Å². The van der Waals surface area contributed by atoms with E-state index in [9.17, 15) is 4.79 Å². The van der Waals surface area contributed by atoms with Gasteiger partial charge in [0.1, 0.15) is 10.6 Å². The normalized spacial score (nSPS) is 23.9. The maximum Gasteiger partial charge on any atom is 0.174 e. The lowest BCUT2D eigenvalue weighted by molar-refractivity contribution is -0.0891. The Labute approximate surface area is 131 Å². The summed E-state index contributed by atoms with van der Waals surface area (Å²) in [7, 11) is 0. The van der Waals surface area contributed by atoms with E-state index >= 15 is 0 Å². The first-order valence-corrected chi connectivity index (χ1v) is 8.95. The number of Topliss-reactive ketones (excluding diaryl/α,β-unsaturated/α-hetero) is 1. The summed E-state index contributed by atoms with van der Waals surface area (Å²) < 4.78 is 6.20. The van der Waals surface area contributed by atoms with Crippen LogP contribution in [0.15, 0.2) is 0 Å². The Bertz CT molecular complexity index is 537. The van der Waals surface area contributed by atoms with Gasteiger partial charge in [-0.15, -0.1) is 11.3 Å². The number of hydrogen-bond acceptors (Lipinski definition) is 4. The summed E-state index contributed by atoms with van der Waals surface area (Å²) in [6.45, 7) is 7.43. The highest BCUT2D eigenvalue weighted by atomic mass is 32.1. The zero-order valence-electron chi connectivity index (χ0n) is 13.3. The van der Waals surface area contributed by atoms with Crippen molar-refractivity contribution in [1.82, 2.24) is 4.98 Å². The van der Waals surface area contributed by atoms with Crippen molar-refractivity contribution in [3.8, 4) is 0 Å². The standard InChI is InChI=1S/C17H25NO2S/c1-4-20-17(10-8-16(2,3)9-11-17)15-18-12-6-5-7-13(19)14(12)21-15/h4-11H2,1-3H3. The summed E-state index contributed by atoms with van der Waals surface area (Å²) in [4.78, 5) is 17.8. The summed E-state index contributed by atoms with van der Waals surface area (Å²) in [5.41, 5.74) is 1.18. The third kappa shape index (κ3) is 2.80. The second kappa shape index (κ2) is 5.47. The van der Waals surface area contributed by atoms with Crippen LogP contribution in [-0.2, 0) is 16.8 Å². The zero-order valence-corrected chi connectivity index (χ0v) is 14.1. The molecule has 116 valence electrons. The lowest BCUT2D eigenvalue weighted by Crippen LogP contribution is -2.37. The molecule has 0 radical (unpaired) electrons. The molecule has 0 bridgehead atoms. The first-order chi connectivity index (χ1) is 9.96. The van der Waals surface area contributed by atoms with Crippen molar-refractivity contribution in [2.75, 3.05) is 6.61 Å². The van der Waals surface area contributed by atoms with Crippen molar-refractivity contribution in [1.29, 1.82) is 0 Å². The van der Waals surface area contributed by atoms with Crippen LogP contribution in [-0.4, -0.2) is 17.4 Å². The van der Waals surface area contributed by atoms with Crippen molar-refractivity contribution in [3.63, 3.8) is 0 Å². The van der Waals surface area contributed by atoms with E-state index < -0.39 is 0 Å². The fourth-order valence-corrected chi connectivity index (χ4v) is 4.77. The van der Waals surface area contributed by atoms with Crippen LogP contribution in [0, 0.1) is 5.41 Å². The third-order valence-corrected chi connectivity index (χ3v) is 6.31. The molecule has 0 aromatic carbocycles. The van der Waals surface area contributed by atoms with Crippen LogP contribution >= 0.6 is 11.3 Å². The topological polar surface area (TPSA) is 39.2 Å². The number of rotatable bonds is 3. The number of fused-ring (bicyclic) bond motifs is 1. The minimum absolute atomic E-state index is 0.243. The Morgan fingerprint density at radius 2 is 1.90 bits per heavy atom. The van der Waals surface area contributed by atoms with E-state index in [1.165, 1.54) is 0 Å². The fourth-order valence-electron chi connectivity index (χ4n) is 3.49. The van der Waals surface area contributed by atoms with E-state index in [1.807, 2.05) is 0 Å². The van der Waals surface area contributed by atoms with Crippen molar-refractivity contribution in [2.45, 2.75) is 71.3 Å². The Kier molecular flexibility index (Phi) is 3.95. The molecule has 1 fully saturated rings. The van der Waals surface area contributed by atoms with Crippen molar-refractivity contribution >= 4 is 17.1 Å². The van der Waals surface area contributed by atoms with E-state index in [0.29, 0.717) is 18.4 Å². The lowest BCUT2D eigenvalue weighted by Gasteiger charge is -2.42. The lowest BCUT2D eigenvalue weighted by atomic mass is 9.71. The SMILES string of the molecule is CCOC1(c2nc3c(s2)C(=O)CCC3)CCC(C)(C)CC1. The Balaban J connectivity index is 1.93. The molecule has 4 heteroatoms. The average molecular weight is 307 g/mol. The number of carbonyl (C=O) groups is 1. The molecule has 1 heterocycles. The highest BCUT2D eigenvalue weighted by molar-refractivity contribution is 7.14. The Morgan fingerprint density at radius 3 is 2.52 bits per heavy atom. The molecule has 2 aliphatic carbocycles. The van der Waals surface area contributed by atoms with E-state index in [1.54, 1.807) is 11.3 Å². The number of ether oxygens (including phenoxy) is 1. The van der Waals surface area contributed by atoms with E-state index in [-0.39, 0.29) is 11.4 Å². The van der Waals surface area contributed by atoms with Gasteiger partial charge in [0.2, 0.25) is 0 Å². The molecular weight excluding hydrogens is 282 g/mol. The minimum Gasteiger partial charge on any atom is -0.368 e. The summed E-state index contributed by atoms with van der Waals surface area (Å²) in [6, 6.07) is 0. The van der Waals surface area contributed by atoms with Gasteiger partial charge in [-0.1, -0.05) is 13.8 Å². The monoisotopic (exact) mass is 307 g/mol. The number of carbonyl (C=O) groups excluding carboxylic acids is 1. The van der Waals surface area contributed by atoms with Crippen LogP contribution in [0.2, 0.25) is 0 Å². The second-order valence-corrected chi connectivity index (χ2v) is 8.16. The van der Waals surface area contributed by atoms with Crippen LogP contribution < -0.4 is 0 Å². The van der Waals surface area contributed by atoms with Gasteiger partial charge in [0.25, 0.3) is 0 Å². The van der Waals surface area contributed by atoms with Gasteiger partial charge in [0.05, 0.1) is 10.6 Å². The quantitative estimate of drug-likeness (QED) is 0.825. The van der Waals surface area contributed by atoms with E-state index in [0.717, 1.165) is 54.1 Å². The highest BCUT2D eigenvalue weighted by Crippen LogP contribution is 2.49. The number of aromatic nitrogens is 1. The maximum atomic E-state index is 12.1. The zero-order chi connectivity index (χ0) is 15.1. The summed E-state index contributed by atoms with van der Waals surface area (Å²) in [5.74, 6) is 0.280. The molecule has 3 rings (SSSR count). The minimum atomic E-state index is -0.243. The second-order valence-electron chi connectivity index (χ2n) is 7.16. The van der Waals surface area contributed by atoms with Crippen molar-refractivity contribution in [2.24, 2.45) is 5.41 Å². The number of nitrogens with zero attached hydrogens (tertiary/aromatic N) is 1. The molecule has 1 aromatic rings. The van der Waals surface area contributed by atoms with Gasteiger partial charge < -0.3 is 4.74 Å². The van der Waals surface area contributed by atoms with Gasteiger partial charge in [-0.3, -0.25) is 4.79 Å². The number of aryl methyl sites for hydroxylation is 1. The Hall–Kier alpha value is -0.740. The molecule has 1 aromatic heterocycles. The molecule has 0 spiro atoms. The first kappa shape index (κ1) is 15.2. The predicted molar refractivity (Wildman–Crippen MR) is 84.9 cm³/mol. The van der Waals surface area contributed by atoms with E-state index in [2.05, 4.69) is 20.8 Å². The van der Waals surface area contributed by atoms with Gasteiger partial charge in [0, 0.05) is 13.0 Å². The smallest absolute Gasteiger partial charge is 0.174 e. The molecule has 2 aliphatic rings. The molecular formula is C17H25NO2S. The van der Waals surface area contributed by atoms with Gasteiger partial charge in [-0.05, 0) is 50.9 Å². The van der Waals surface area contributed by atoms with Gasteiger partial charge >= 0.3 is 0 Å². The molecule has 0 saturated heterocycles. The van der Waals surface area contributed by atoms with Crippen LogP contribution in [0.1, 0.15) is 79.7 Å². The summed E-state index contributed by atoms with van der Waals surface area (Å²) >= 11 is 1.60. The third-order valence-electron chi connectivity index (χ3n) is 4.99. The van der Waals surface area contributed by atoms with Gasteiger partial charge in [-0.2, -0.15) is 0 Å². The molecule has 0 aliphatic heterocycles. The molecule has 0 atom stereocenters. The number of thiazole rings is 1. The molecule has 0 N–H and O–H groups in total. The molecule has 3 nitrogen and oxygen atoms in total. The number of ketones is 1.